The molecule has 97 valence electrons. The summed E-state index contributed by atoms with van der Waals surface area (Å²) >= 11 is 0. The van der Waals surface area contributed by atoms with Crippen molar-refractivity contribution in [2.24, 2.45) is 0 Å². The number of fused-ring (bicyclic) bond motifs is 1. The number of nitrogen functional groups attached to an aromatic ring is 1. The molecule has 0 aromatic heterocycles. The van der Waals surface area contributed by atoms with Gasteiger partial charge >= 0.3 is 0 Å². The third-order valence-corrected chi connectivity index (χ3v) is 3.44. The summed E-state index contributed by atoms with van der Waals surface area (Å²) in [7, 11) is -4.20. The maximum absolute atomic E-state index is 11.0. The van der Waals surface area contributed by atoms with Gasteiger partial charge in [-0.25, -0.2) is 0 Å². The van der Waals surface area contributed by atoms with E-state index >= 15 is 0 Å². The van der Waals surface area contributed by atoms with Crippen LogP contribution in [-0.2, 0) is 10.1 Å². The van der Waals surface area contributed by atoms with Crippen LogP contribution in [0.15, 0.2) is 35.2 Å². The molecule has 0 heterocycles. The van der Waals surface area contributed by atoms with Gasteiger partial charge in [0.1, 0.15) is 5.75 Å². The number of rotatable bonds is 3. The molecule has 1 radical (unpaired) electrons. The minimum Gasteiger partial charge on any atom is -0.492 e. The van der Waals surface area contributed by atoms with Gasteiger partial charge in [-0.15, -0.1) is 0 Å². The van der Waals surface area contributed by atoms with Crippen LogP contribution in [0.25, 0.3) is 10.8 Å². The molecule has 3 N–H and O–H groups in total. The minimum absolute atomic E-state index is 0. The van der Waals surface area contributed by atoms with Gasteiger partial charge in [-0.05, 0) is 30.5 Å². The second-order valence-corrected chi connectivity index (χ2v) is 5.19. The van der Waals surface area contributed by atoms with Gasteiger partial charge in [-0.2, -0.15) is 8.42 Å². The third-order valence-electron chi connectivity index (χ3n) is 2.59. The fraction of sp³-hybridized carbons (Fsp3) is 0.167. The number of benzene rings is 2. The third kappa shape index (κ3) is 3.40. The van der Waals surface area contributed by atoms with Crippen molar-refractivity contribution in [2.75, 3.05) is 12.3 Å². The van der Waals surface area contributed by atoms with Crippen molar-refractivity contribution in [1.82, 2.24) is 0 Å². The van der Waals surface area contributed by atoms with Gasteiger partial charge in [0.05, 0.1) is 17.2 Å². The number of anilines is 1. The Hall–Kier alpha value is -0.790. The van der Waals surface area contributed by atoms with E-state index in [9.17, 15) is 8.42 Å². The molecule has 0 saturated heterocycles. The van der Waals surface area contributed by atoms with Crippen LogP contribution in [0.1, 0.15) is 6.92 Å². The number of nitrogens with two attached hydrogens (primary N) is 1. The molecule has 0 saturated carbocycles. The number of hydrogen-bond acceptors (Lipinski definition) is 4. The monoisotopic (exact) mass is 290 g/mol. The molecule has 0 aliphatic rings. The van der Waals surface area contributed by atoms with E-state index in [1.165, 1.54) is 12.1 Å². The fourth-order valence-electron chi connectivity index (χ4n) is 1.75. The zero-order chi connectivity index (χ0) is 13.3. The maximum Gasteiger partial charge on any atom is 0.294 e. The van der Waals surface area contributed by atoms with Crippen molar-refractivity contribution in [3.8, 4) is 5.75 Å². The largest absolute Gasteiger partial charge is 0.492 e. The second-order valence-electron chi connectivity index (χ2n) is 3.77. The summed E-state index contributed by atoms with van der Waals surface area (Å²) in [4.78, 5) is -0.154. The molecule has 0 amide bonds. The molecule has 7 heteroatoms. The zero-order valence-corrected chi connectivity index (χ0v) is 13.6. The fourth-order valence-corrected chi connectivity index (χ4v) is 2.27. The van der Waals surface area contributed by atoms with Crippen LogP contribution >= 0.6 is 0 Å². The Morgan fingerprint density at radius 1 is 1.26 bits per heavy atom. The van der Waals surface area contributed by atoms with Crippen LogP contribution < -0.4 is 10.5 Å². The molecule has 0 atom stereocenters. The van der Waals surface area contributed by atoms with Gasteiger partial charge in [0.25, 0.3) is 10.1 Å². The van der Waals surface area contributed by atoms with E-state index in [2.05, 4.69) is 0 Å². The maximum atomic E-state index is 11.0. The van der Waals surface area contributed by atoms with Crippen molar-refractivity contribution in [1.29, 1.82) is 0 Å². The topological polar surface area (TPSA) is 89.6 Å². The quantitative estimate of drug-likeness (QED) is 0.510. The molecule has 0 bridgehead atoms. The molecule has 2 rings (SSSR count). The van der Waals surface area contributed by atoms with Crippen LogP contribution in [0, 0.1) is 0 Å². The van der Waals surface area contributed by atoms with E-state index in [1.54, 1.807) is 18.2 Å². The van der Waals surface area contributed by atoms with E-state index in [4.69, 9.17) is 15.0 Å². The van der Waals surface area contributed by atoms with Crippen molar-refractivity contribution in [3.63, 3.8) is 0 Å². The normalized spacial score (nSPS) is 11.1. The average Bonchev–Trinajstić information content (AvgIpc) is 2.31. The van der Waals surface area contributed by atoms with E-state index < -0.39 is 10.1 Å². The van der Waals surface area contributed by atoms with Gasteiger partial charge in [0.15, 0.2) is 0 Å². The Bertz CT molecular complexity index is 700. The van der Waals surface area contributed by atoms with Gasteiger partial charge in [0, 0.05) is 34.9 Å². The van der Waals surface area contributed by atoms with Crippen molar-refractivity contribution >= 4 is 56.1 Å². The number of ether oxygens (including phenoxy) is 1. The Kier molecular flexibility index (Phi) is 5.23. The van der Waals surface area contributed by atoms with Crippen LogP contribution in [0.3, 0.4) is 0 Å². The van der Waals surface area contributed by atoms with Crippen molar-refractivity contribution in [3.05, 3.63) is 30.3 Å². The minimum atomic E-state index is -4.20. The standard InChI is InChI=1S/C12H13NO4S.Na/c1-2-17-11-6-3-8-7-9(18(14,15)16)4-5-10(8)12(11)13;/h3-7H,2,13H2,1H3,(H,14,15,16);. The zero-order valence-electron chi connectivity index (χ0n) is 10.8. The Labute approximate surface area is 133 Å². The molecule has 2 aromatic carbocycles. The number of hydrogen-bond donors (Lipinski definition) is 2. The summed E-state index contributed by atoms with van der Waals surface area (Å²) in [6.07, 6.45) is 0. The van der Waals surface area contributed by atoms with Crippen LogP contribution in [0.2, 0.25) is 0 Å². The van der Waals surface area contributed by atoms with E-state index in [-0.39, 0.29) is 34.5 Å². The van der Waals surface area contributed by atoms with Crippen LogP contribution in [0.5, 0.6) is 5.75 Å². The molecule has 5 nitrogen and oxygen atoms in total. The Balaban J connectivity index is 0.00000180. The van der Waals surface area contributed by atoms with E-state index in [0.717, 1.165) is 0 Å². The molecule has 2 aromatic rings. The van der Waals surface area contributed by atoms with Gasteiger partial charge in [-0.3, -0.25) is 4.55 Å². The predicted molar refractivity (Wildman–Crippen MR) is 75.1 cm³/mol. The SMILES string of the molecule is CCOc1ccc2cc(S(=O)(=O)O)ccc2c1N.[Na]. The van der Waals surface area contributed by atoms with Crippen molar-refractivity contribution < 1.29 is 17.7 Å². The summed E-state index contributed by atoms with van der Waals surface area (Å²) in [6, 6.07) is 7.61. The summed E-state index contributed by atoms with van der Waals surface area (Å²) in [6.45, 7) is 2.35. The average molecular weight is 290 g/mol. The van der Waals surface area contributed by atoms with Gasteiger partial charge < -0.3 is 10.5 Å². The Morgan fingerprint density at radius 3 is 2.53 bits per heavy atom. The van der Waals surface area contributed by atoms with E-state index in [1.807, 2.05) is 6.92 Å². The summed E-state index contributed by atoms with van der Waals surface area (Å²) in [5.74, 6) is 0.560. The van der Waals surface area contributed by atoms with Gasteiger partial charge in [0.2, 0.25) is 0 Å². The molecule has 0 unspecified atom stereocenters. The summed E-state index contributed by atoms with van der Waals surface area (Å²) in [5, 5.41) is 1.32. The first-order chi connectivity index (χ1) is 8.43. The molecule has 0 spiro atoms. The first kappa shape index (κ1) is 16.3. The Morgan fingerprint density at radius 2 is 1.95 bits per heavy atom. The second kappa shape index (κ2) is 6.11. The molecular formula is C12H13NNaO4S. The summed E-state index contributed by atoms with van der Waals surface area (Å²) < 4.78 is 36.4. The molecule has 0 fully saturated rings. The first-order valence-electron chi connectivity index (χ1n) is 5.36. The van der Waals surface area contributed by atoms with E-state index in [0.29, 0.717) is 28.8 Å². The molecule has 0 aliphatic heterocycles. The summed E-state index contributed by atoms with van der Waals surface area (Å²) in [5.41, 5.74) is 6.38. The van der Waals surface area contributed by atoms with Crippen molar-refractivity contribution in [2.45, 2.75) is 11.8 Å². The smallest absolute Gasteiger partial charge is 0.294 e. The predicted octanol–water partition coefficient (Wildman–Crippen LogP) is 1.69. The molecule has 0 aliphatic carbocycles. The molecular weight excluding hydrogens is 277 g/mol. The van der Waals surface area contributed by atoms with Gasteiger partial charge in [-0.1, -0.05) is 12.1 Å². The van der Waals surface area contributed by atoms with Crippen LogP contribution in [0.4, 0.5) is 5.69 Å². The molecule has 19 heavy (non-hydrogen) atoms. The van der Waals surface area contributed by atoms with Crippen LogP contribution in [-0.4, -0.2) is 49.1 Å². The first-order valence-corrected chi connectivity index (χ1v) is 6.80.